The van der Waals surface area contributed by atoms with Crippen molar-refractivity contribution in [3.8, 4) is 0 Å². The first-order valence-corrected chi connectivity index (χ1v) is 14.2. The molecule has 0 unspecified atom stereocenters. The molecule has 2 amide bonds. The fraction of sp³-hybridized carbons (Fsp3) is 0.481. The van der Waals surface area contributed by atoms with Crippen molar-refractivity contribution in [2.45, 2.75) is 71.0 Å². The zero-order valence-corrected chi connectivity index (χ0v) is 21.8. The Morgan fingerprint density at radius 2 is 1.66 bits per heavy atom. The minimum Gasteiger partial charge on any atom is -0.352 e. The predicted molar refractivity (Wildman–Crippen MR) is 139 cm³/mol. The van der Waals surface area contributed by atoms with Crippen LogP contribution in [0.1, 0.15) is 56.6 Å². The third-order valence-electron chi connectivity index (χ3n) is 6.54. The first kappa shape index (κ1) is 26.7. The lowest BCUT2D eigenvalue weighted by molar-refractivity contribution is -0.141. The van der Waals surface area contributed by atoms with E-state index >= 15 is 0 Å². The normalized spacial score (nSPS) is 14.9. The summed E-state index contributed by atoms with van der Waals surface area (Å²) in [5, 5.41) is 3.10. The molecule has 1 aliphatic rings. The molecule has 0 aromatic heterocycles. The quantitative estimate of drug-likeness (QED) is 0.506. The Kier molecular flexibility index (Phi) is 9.32. The molecule has 3 rings (SSSR count). The van der Waals surface area contributed by atoms with Crippen LogP contribution in [0.15, 0.2) is 54.6 Å². The summed E-state index contributed by atoms with van der Waals surface area (Å²) in [7, 11) is -3.49. The van der Waals surface area contributed by atoms with Crippen molar-refractivity contribution < 1.29 is 18.0 Å². The van der Waals surface area contributed by atoms with Crippen LogP contribution in [0.3, 0.4) is 0 Å². The Bertz CT molecular complexity index is 1080. The van der Waals surface area contributed by atoms with Gasteiger partial charge in [0.05, 0.1) is 11.9 Å². The van der Waals surface area contributed by atoms with E-state index in [1.165, 1.54) is 10.6 Å². The Balaban J connectivity index is 1.69. The van der Waals surface area contributed by atoms with Gasteiger partial charge in [-0.15, -0.1) is 0 Å². The number of sulfonamides is 1. The Morgan fingerprint density at radius 3 is 2.26 bits per heavy atom. The van der Waals surface area contributed by atoms with Gasteiger partial charge in [-0.05, 0) is 50.8 Å². The van der Waals surface area contributed by atoms with Crippen LogP contribution in [0.2, 0.25) is 0 Å². The molecule has 0 radical (unpaired) electrons. The fourth-order valence-electron chi connectivity index (χ4n) is 4.46. The highest BCUT2D eigenvalue weighted by atomic mass is 32.2. The van der Waals surface area contributed by atoms with Crippen LogP contribution < -0.4 is 9.62 Å². The monoisotopic (exact) mass is 499 g/mol. The average molecular weight is 500 g/mol. The van der Waals surface area contributed by atoms with E-state index in [0.717, 1.165) is 36.8 Å². The van der Waals surface area contributed by atoms with Crippen LogP contribution in [0.5, 0.6) is 0 Å². The summed E-state index contributed by atoms with van der Waals surface area (Å²) in [5.74, 6) is -0.305. The van der Waals surface area contributed by atoms with Crippen molar-refractivity contribution in [2.75, 3.05) is 17.1 Å². The summed E-state index contributed by atoms with van der Waals surface area (Å²) in [4.78, 5) is 28.0. The lowest BCUT2D eigenvalue weighted by atomic mass is 10.1. The average Bonchev–Trinajstić information content (AvgIpc) is 3.33. The number of amides is 2. The molecule has 1 saturated carbocycles. The molecule has 0 heterocycles. The van der Waals surface area contributed by atoms with E-state index in [2.05, 4.69) is 5.32 Å². The van der Waals surface area contributed by atoms with E-state index in [-0.39, 0.29) is 30.8 Å². The number of hydrogen-bond acceptors (Lipinski definition) is 4. The maximum Gasteiger partial charge on any atom is 0.242 e. The van der Waals surface area contributed by atoms with Gasteiger partial charge >= 0.3 is 0 Å². The molecule has 0 aliphatic heterocycles. The smallest absolute Gasteiger partial charge is 0.242 e. The minimum absolute atomic E-state index is 0.139. The second kappa shape index (κ2) is 12.2. The van der Waals surface area contributed by atoms with Gasteiger partial charge in [-0.2, -0.15) is 0 Å². The van der Waals surface area contributed by atoms with Gasteiger partial charge in [-0.25, -0.2) is 8.42 Å². The summed E-state index contributed by atoms with van der Waals surface area (Å²) in [5.41, 5.74) is 2.65. The topological polar surface area (TPSA) is 86.8 Å². The Labute approximate surface area is 209 Å². The number of aryl methyl sites for hydroxylation is 1. The fourth-order valence-corrected chi connectivity index (χ4v) is 5.43. The first-order valence-electron chi connectivity index (χ1n) is 12.3. The molecule has 8 heteroatoms. The molecule has 35 heavy (non-hydrogen) atoms. The van der Waals surface area contributed by atoms with Crippen LogP contribution >= 0.6 is 0 Å². The molecular weight excluding hydrogens is 462 g/mol. The third-order valence-corrected chi connectivity index (χ3v) is 7.73. The highest BCUT2D eigenvalue weighted by Gasteiger charge is 2.28. The maximum absolute atomic E-state index is 13.3. The van der Waals surface area contributed by atoms with Gasteiger partial charge in [0.1, 0.15) is 6.04 Å². The van der Waals surface area contributed by atoms with Crippen molar-refractivity contribution in [3.63, 3.8) is 0 Å². The largest absolute Gasteiger partial charge is 0.352 e. The van der Waals surface area contributed by atoms with Crippen molar-refractivity contribution in [1.82, 2.24) is 10.2 Å². The molecule has 1 fully saturated rings. The van der Waals surface area contributed by atoms with Gasteiger partial charge in [0.25, 0.3) is 0 Å². The van der Waals surface area contributed by atoms with E-state index in [1.54, 1.807) is 36.1 Å². The zero-order chi connectivity index (χ0) is 25.4. The number of nitrogens with one attached hydrogen (secondary N) is 1. The Morgan fingerprint density at radius 1 is 1.03 bits per heavy atom. The number of carbonyl (C=O) groups excluding carboxylic acids is 2. The highest BCUT2D eigenvalue weighted by Crippen LogP contribution is 2.20. The highest BCUT2D eigenvalue weighted by molar-refractivity contribution is 7.92. The zero-order valence-electron chi connectivity index (χ0n) is 20.9. The van der Waals surface area contributed by atoms with Crippen molar-refractivity contribution in [2.24, 2.45) is 0 Å². The lowest BCUT2D eigenvalue weighted by Gasteiger charge is -2.30. The van der Waals surface area contributed by atoms with Crippen LogP contribution in [-0.2, 0) is 26.2 Å². The molecule has 0 saturated heterocycles. The van der Waals surface area contributed by atoms with Crippen LogP contribution in [-0.4, -0.2) is 50.0 Å². The van der Waals surface area contributed by atoms with Crippen LogP contribution in [0, 0.1) is 6.92 Å². The van der Waals surface area contributed by atoms with Crippen molar-refractivity contribution >= 4 is 27.5 Å². The number of para-hydroxylation sites is 1. The number of anilines is 1. The number of hydrogen-bond donors (Lipinski definition) is 1. The van der Waals surface area contributed by atoms with Gasteiger partial charge < -0.3 is 10.2 Å². The maximum atomic E-state index is 13.3. The third kappa shape index (κ3) is 7.82. The number of rotatable bonds is 11. The van der Waals surface area contributed by atoms with Crippen LogP contribution in [0.4, 0.5) is 5.69 Å². The van der Waals surface area contributed by atoms with Gasteiger partial charge in [-0.3, -0.25) is 13.9 Å². The molecule has 1 atom stereocenters. The second-order valence-electron chi connectivity index (χ2n) is 9.45. The standard InChI is InChI=1S/C27H37N3O4S/c1-21-15-17-23(18-16-21)20-29(22(2)27(32)28-24-10-7-8-11-24)26(31)14-9-19-30(35(3,33)34)25-12-5-4-6-13-25/h4-6,12-13,15-18,22,24H,7-11,14,19-20H2,1-3H3,(H,28,32)/t22-/m1/s1. The van der Waals surface area contributed by atoms with Crippen molar-refractivity contribution in [3.05, 3.63) is 65.7 Å². The molecule has 7 nitrogen and oxygen atoms in total. The molecule has 0 bridgehead atoms. The lowest BCUT2D eigenvalue weighted by Crippen LogP contribution is -2.49. The number of carbonyl (C=O) groups is 2. The molecule has 1 aliphatic carbocycles. The Hall–Kier alpha value is -2.87. The SMILES string of the molecule is Cc1ccc(CN(C(=O)CCCN(c2ccccc2)S(C)(=O)=O)[C@H](C)C(=O)NC2CCCC2)cc1. The molecule has 2 aromatic carbocycles. The summed E-state index contributed by atoms with van der Waals surface area (Å²) in [6, 6.07) is 16.4. The summed E-state index contributed by atoms with van der Waals surface area (Å²) in [6.07, 6.45) is 5.85. The van der Waals surface area contributed by atoms with Crippen LogP contribution in [0.25, 0.3) is 0 Å². The van der Waals surface area contributed by atoms with E-state index in [0.29, 0.717) is 18.7 Å². The summed E-state index contributed by atoms with van der Waals surface area (Å²) in [6.45, 7) is 4.29. The van der Waals surface area contributed by atoms with Gasteiger partial charge in [0.15, 0.2) is 0 Å². The number of nitrogens with zero attached hydrogens (tertiary/aromatic N) is 2. The minimum atomic E-state index is -3.49. The summed E-state index contributed by atoms with van der Waals surface area (Å²) >= 11 is 0. The molecular formula is C27H37N3O4S. The van der Waals surface area contributed by atoms with E-state index < -0.39 is 16.1 Å². The van der Waals surface area contributed by atoms with E-state index in [9.17, 15) is 18.0 Å². The van der Waals surface area contributed by atoms with E-state index in [4.69, 9.17) is 0 Å². The van der Waals surface area contributed by atoms with E-state index in [1.807, 2.05) is 37.3 Å². The second-order valence-corrected chi connectivity index (χ2v) is 11.4. The molecule has 190 valence electrons. The van der Waals surface area contributed by atoms with Crippen molar-refractivity contribution in [1.29, 1.82) is 0 Å². The number of benzene rings is 2. The predicted octanol–water partition coefficient (Wildman–Crippen LogP) is 4.02. The molecule has 1 N–H and O–H groups in total. The van der Waals surface area contributed by atoms with Gasteiger partial charge in [0, 0.05) is 25.6 Å². The van der Waals surface area contributed by atoms with Gasteiger partial charge in [-0.1, -0.05) is 60.9 Å². The van der Waals surface area contributed by atoms with Gasteiger partial charge in [0.2, 0.25) is 21.8 Å². The molecule has 0 spiro atoms. The first-order chi connectivity index (χ1) is 16.6. The summed E-state index contributed by atoms with van der Waals surface area (Å²) < 4.78 is 26.0. The molecule has 2 aromatic rings.